The molecule has 2 saturated carbocycles. The van der Waals surface area contributed by atoms with Gasteiger partial charge in [-0.15, -0.1) is 0 Å². The predicted octanol–water partition coefficient (Wildman–Crippen LogP) is 4.28. The first kappa shape index (κ1) is 21.9. The summed E-state index contributed by atoms with van der Waals surface area (Å²) >= 11 is 0. The number of nitriles is 1. The molecule has 2 aliphatic carbocycles. The lowest BCUT2D eigenvalue weighted by atomic mass is 10.0. The second-order valence-corrected chi connectivity index (χ2v) is 7.82. The van der Waals surface area contributed by atoms with Crippen molar-refractivity contribution in [3.63, 3.8) is 0 Å². The number of carbonyl (C=O) groups excluding carboxylic acids is 1. The molecular formula is C22H24F3N3O2. The largest absolute Gasteiger partial charge is 0.490 e. The monoisotopic (exact) mass is 419 g/mol. The van der Waals surface area contributed by atoms with Crippen molar-refractivity contribution in [2.45, 2.75) is 50.9 Å². The minimum absolute atomic E-state index is 0.0837. The Kier molecular flexibility index (Phi) is 6.49. The average molecular weight is 419 g/mol. The summed E-state index contributed by atoms with van der Waals surface area (Å²) in [7, 11) is 1.61. The normalized spacial score (nSPS) is 26.5. The number of aliphatic imine (C=N–C) groups is 1. The summed E-state index contributed by atoms with van der Waals surface area (Å²) in [6.07, 6.45) is 1.63. The molecular weight excluding hydrogens is 395 g/mol. The van der Waals surface area contributed by atoms with Crippen LogP contribution in [-0.2, 0) is 11.0 Å². The third kappa shape index (κ3) is 4.84. The van der Waals surface area contributed by atoms with Crippen molar-refractivity contribution in [2.24, 2.45) is 16.8 Å². The fourth-order valence-electron chi connectivity index (χ4n) is 4.57. The van der Waals surface area contributed by atoms with Crippen LogP contribution in [0.2, 0.25) is 0 Å². The van der Waals surface area contributed by atoms with Crippen LogP contribution in [0.4, 0.5) is 13.2 Å². The Bertz CT molecular complexity index is 888. The third-order valence-corrected chi connectivity index (χ3v) is 5.87. The highest BCUT2D eigenvalue weighted by molar-refractivity contribution is 6.12. The van der Waals surface area contributed by atoms with Crippen molar-refractivity contribution < 1.29 is 22.7 Å². The molecule has 2 atom stereocenters. The molecule has 2 unspecified atom stereocenters. The van der Waals surface area contributed by atoms with Crippen molar-refractivity contribution in [1.29, 1.82) is 5.26 Å². The van der Waals surface area contributed by atoms with Gasteiger partial charge in [-0.05, 0) is 62.6 Å². The van der Waals surface area contributed by atoms with E-state index in [0.717, 1.165) is 37.8 Å². The Labute approximate surface area is 173 Å². The molecule has 0 aliphatic heterocycles. The zero-order valence-electron chi connectivity index (χ0n) is 16.9. The van der Waals surface area contributed by atoms with Crippen LogP contribution in [0.15, 0.2) is 34.8 Å². The number of allylic oxidation sites excluding steroid dienone is 1. The van der Waals surface area contributed by atoms with E-state index < -0.39 is 17.3 Å². The van der Waals surface area contributed by atoms with Crippen LogP contribution in [0, 0.1) is 23.2 Å². The zero-order valence-corrected chi connectivity index (χ0v) is 16.9. The topological polar surface area (TPSA) is 74.5 Å². The molecule has 0 radical (unpaired) electrons. The van der Waals surface area contributed by atoms with Crippen molar-refractivity contribution >= 4 is 12.1 Å². The third-order valence-electron chi connectivity index (χ3n) is 5.87. The molecule has 1 aromatic carbocycles. The number of fused-ring (bicyclic) bond motifs is 1. The molecule has 1 aromatic rings. The Hall–Kier alpha value is -2.82. The van der Waals surface area contributed by atoms with Crippen LogP contribution in [0.25, 0.3) is 0 Å². The molecule has 0 bridgehead atoms. The fraction of sp³-hybridized carbons (Fsp3) is 0.500. The number of ether oxygens (including phenoxy) is 1. The average Bonchev–Trinajstić information content (AvgIpc) is 3.22. The first-order chi connectivity index (χ1) is 14.2. The molecule has 2 aliphatic rings. The van der Waals surface area contributed by atoms with Gasteiger partial charge in [0.25, 0.3) is 5.91 Å². The van der Waals surface area contributed by atoms with E-state index in [4.69, 9.17) is 10.00 Å². The Balaban J connectivity index is 1.58. The van der Waals surface area contributed by atoms with Gasteiger partial charge < -0.3 is 10.1 Å². The van der Waals surface area contributed by atoms with Gasteiger partial charge in [0.15, 0.2) is 0 Å². The number of rotatable bonds is 5. The summed E-state index contributed by atoms with van der Waals surface area (Å²) < 4.78 is 45.3. The highest BCUT2D eigenvalue weighted by atomic mass is 19.4. The SMILES string of the molecule is C/C=C(\C=NC)C(=O)NC1CC2CC(Oc3ccc(C#N)c(C(F)(F)F)c3)CC2C1. The van der Waals surface area contributed by atoms with E-state index in [2.05, 4.69) is 10.3 Å². The van der Waals surface area contributed by atoms with Gasteiger partial charge in [-0.25, -0.2) is 0 Å². The number of nitrogens with one attached hydrogen (secondary N) is 1. The summed E-state index contributed by atoms with van der Waals surface area (Å²) in [4.78, 5) is 16.2. The predicted molar refractivity (Wildman–Crippen MR) is 106 cm³/mol. The number of amides is 1. The number of carbonyl (C=O) groups is 1. The van der Waals surface area contributed by atoms with Gasteiger partial charge in [-0.2, -0.15) is 18.4 Å². The quantitative estimate of drug-likeness (QED) is 0.572. The lowest BCUT2D eigenvalue weighted by Crippen LogP contribution is -2.35. The van der Waals surface area contributed by atoms with Crippen LogP contribution in [0.5, 0.6) is 5.75 Å². The maximum absolute atomic E-state index is 13.1. The second kappa shape index (κ2) is 8.90. The van der Waals surface area contributed by atoms with Gasteiger partial charge in [-0.1, -0.05) is 6.08 Å². The van der Waals surface area contributed by atoms with E-state index in [0.29, 0.717) is 17.4 Å². The summed E-state index contributed by atoms with van der Waals surface area (Å²) in [5.41, 5.74) is -0.860. The summed E-state index contributed by atoms with van der Waals surface area (Å²) in [5.74, 6) is 0.732. The van der Waals surface area contributed by atoms with E-state index in [9.17, 15) is 18.0 Å². The van der Waals surface area contributed by atoms with Crippen molar-refractivity contribution in [3.05, 3.63) is 41.0 Å². The van der Waals surface area contributed by atoms with Gasteiger partial charge in [-0.3, -0.25) is 9.79 Å². The Morgan fingerprint density at radius 3 is 2.47 bits per heavy atom. The molecule has 2 fully saturated rings. The van der Waals surface area contributed by atoms with Crippen LogP contribution in [0.3, 0.4) is 0 Å². The van der Waals surface area contributed by atoms with Gasteiger partial charge in [0, 0.05) is 19.3 Å². The van der Waals surface area contributed by atoms with Crippen molar-refractivity contribution in [3.8, 4) is 11.8 Å². The van der Waals surface area contributed by atoms with Gasteiger partial charge in [0.2, 0.25) is 0 Å². The summed E-state index contributed by atoms with van der Waals surface area (Å²) in [6.45, 7) is 1.79. The number of benzene rings is 1. The van der Waals surface area contributed by atoms with Gasteiger partial charge in [0.1, 0.15) is 5.75 Å². The molecule has 1 N–H and O–H groups in total. The molecule has 8 heteroatoms. The Morgan fingerprint density at radius 1 is 1.27 bits per heavy atom. The zero-order chi connectivity index (χ0) is 21.9. The van der Waals surface area contributed by atoms with Crippen molar-refractivity contribution in [2.75, 3.05) is 7.05 Å². The minimum Gasteiger partial charge on any atom is -0.490 e. The van der Waals surface area contributed by atoms with Crippen LogP contribution >= 0.6 is 0 Å². The lowest BCUT2D eigenvalue weighted by Gasteiger charge is -2.19. The molecule has 0 saturated heterocycles. The highest BCUT2D eigenvalue weighted by Crippen LogP contribution is 2.45. The number of hydrogen-bond donors (Lipinski definition) is 1. The van der Waals surface area contributed by atoms with E-state index in [1.54, 1.807) is 26.1 Å². The lowest BCUT2D eigenvalue weighted by molar-refractivity contribution is -0.138. The van der Waals surface area contributed by atoms with Crippen LogP contribution < -0.4 is 10.1 Å². The highest BCUT2D eigenvalue weighted by Gasteiger charge is 2.43. The summed E-state index contributed by atoms with van der Waals surface area (Å²) in [6, 6.07) is 5.13. The molecule has 0 heterocycles. The molecule has 0 spiro atoms. The number of hydrogen-bond acceptors (Lipinski definition) is 4. The Morgan fingerprint density at radius 2 is 1.93 bits per heavy atom. The van der Waals surface area contributed by atoms with Crippen LogP contribution in [0.1, 0.15) is 43.7 Å². The smallest absolute Gasteiger partial charge is 0.417 e. The number of nitrogens with zero attached hydrogens (tertiary/aromatic N) is 2. The maximum atomic E-state index is 13.1. The second-order valence-electron chi connectivity index (χ2n) is 7.82. The molecule has 0 aromatic heterocycles. The molecule has 160 valence electrons. The summed E-state index contributed by atoms with van der Waals surface area (Å²) in [5, 5.41) is 12.0. The standard InChI is InChI=1S/C22H24F3N3O2/c1-3-13(12-27-2)21(29)28-17-6-15-8-19(9-16(15)7-17)30-18-5-4-14(11-26)20(10-18)22(23,24)25/h3-5,10,12,15-17,19H,6-9H2,1-2H3,(H,28,29)/b13-3+,27-12?. The first-order valence-electron chi connectivity index (χ1n) is 9.92. The maximum Gasteiger partial charge on any atom is 0.417 e. The number of alkyl halides is 3. The molecule has 1 amide bonds. The molecule has 3 rings (SSSR count). The molecule has 5 nitrogen and oxygen atoms in total. The van der Waals surface area contributed by atoms with E-state index >= 15 is 0 Å². The van der Waals surface area contributed by atoms with Crippen molar-refractivity contribution in [1.82, 2.24) is 5.32 Å². The first-order valence-corrected chi connectivity index (χ1v) is 9.92. The number of halogens is 3. The van der Waals surface area contributed by atoms with E-state index in [1.807, 2.05) is 0 Å². The fourth-order valence-corrected chi connectivity index (χ4v) is 4.57. The van der Waals surface area contributed by atoms with Gasteiger partial charge >= 0.3 is 6.18 Å². The minimum atomic E-state index is -4.60. The van der Waals surface area contributed by atoms with Gasteiger partial charge in [0.05, 0.1) is 28.9 Å². The van der Waals surface area contributed by atoms with E-state index in [1.165, 1.54) is 12.3 Å². The molecule has 30 heavy (non-hydrogen) atoms. The van der Waals surface area contributed by atoms with E-state index in [-0.39, 0.29) is 23.8 Å². The van der Waals surface area contributed by atoms with Crippen LogP contribution in [-0.4, -0.2) is 31.3 Å².